The summed E-state index contributed by atoms with van der Waals surface area (Å²) in [7, 11) is 0. The van der Waals surface area contributed by atoms with Crippen LogP contribution in [0.2, 0.25) is 0 Å². The van der Waals surface area contributed by atoms with Gasteiger partial charge >= 0.3 is 6.09 Å². The summed E-state index contributed by atoms with van der Waals surface area (Å²) in [5.74, 6) is 0.105. The van der Waals surface area contributed by atoms with Crippen LogP contribution in [0.3, 0.4) is 0 Å². The predicted molar refractivity (Wildman–Crippen MR) is 97.5 cm³/mol. The summed E-state index contributed by atoms with van der Waals surface area (Å²) >= 11 is 0. The van der Waals surface area contributed by atoms with E-state index in [1.165, 1.54) is 0 Å². The first-order valence-corrected chi connectivity index (χ1v) is 9.19. The average molecular weight is 360 g/mol. The quantitative estimate of drug-likeness (QED) is 0.846. The molecule has 6 heteroatoms. The third-order valence-corrected chi connectivity index (χ3v) is 5.02. The van der Waals surface area contributed by atoms with Crippen LogP contribution in [-0.4, -0.2) is 35.8 Å². The van der Waals surface area contributed by atoms with Crippen molar-refractivity contribution >= 4 is 12.0 Å². The summed E-state index contributed by atoms with van der Waals surface area (Å²) in [6.07, 6.45) is 1.46. The fraction of sp³-hybridized carbons (Fsp3) is 0.600. The standard InChI is InChI=1S/C20H28N2O4/c1-19(2,3)26-18(24)22-20(15-9-17(23)21-12-15)10-16(11-20)25-13-14-7-5-4-6-8-14/h4-8,15-16H,9-13H2,1-3H3,(H,21,23)(H,22,24). The first-order chi connectivity index (χ1) is 12.3. The molecule has 1 aromatic carbocycles. The van der Waals surface area contributed by atoms with Crippen molar-refractivity contribution in [3.63, 3.8) is 0 Å². The normalized spacial score (nSPS) is 28.2. The van der Waals surface area contributed by atoms with Crippen LogP contribution >= 0.6 is 0 Å². The summed E-state index contributed by atoms with van der Waals surface area (Å²) in [5.41, 5.74) is 0.132. The van der Waals surface area contributed by atoms with Gasteiger partial charge in [-0.3, -0.25) is 4.79 Å². The molecule has 6 nitrogen and oxygen atoms in total. The van der Waals surface area contributed by atoms with Crippen LogP contribution in [-0.2, 0) is 20.9 Å². The van der Waals surface area contributed by atoms with Crippen molar-refractivity contribution in [1.29, 1.82) is 0 Å². The maximum Gasteiger partial charge on any atom is 0.408 e. The Morgan fingerprint density at radius 3 is 2.54 bits per heavy atom. The Hall–Kier alpha value is -2.08. The van der Waals surface area contributed by atoms with Crippen LogP contribution in [0.15, 0.2) is 30.3 Å². The summed E-state index contributed by atoms with van der Waals surface area (Å²) < 4.78 is 11.4. The Bertz CT molecular complexity index is 648. The van der Waals surface area contributed by atoms with Crippen molar-refractivity contribution in [1.82, 2.24) is 10.6 Å². The molecule has 1 atom stereocenters. The van der Waals surface area contributed by atoms with Gasteiger partial charge in [0.2, 0.25) is 5.91 Å². The van der Waals surface area contributed by atoms with Gasteiger partial charge in [0.25, 0.3) is 0 Å². The molecule has 0 spiro atoms. The molecule has 1 saturated heterocycles. The number of ether oxygens (including phenoxy) is 2. The van der Waals surface area contributed by atoms with E-state index in [0.29, 0.717) is 32.4 Å². The molecule has 26 heavy (non-hydrogen) atoms. The molecule has 2 fully saturated rings. The second-order valence-electron chi connectivity index (χ2n) is 8.32. The minimum atomic E-state index is -0.554. The molecular weight excluding hydrogens is 332 g/mol. The molecule has 1 aromatic rings. The molecule has 2 aliphatic rings. The SMILES string of the molecule is CC(C)(C)OC(=O)NC1(C2CNC(=O)C2)CC(OCc2ccccc2)C1. The predicted octanol–water partition coefficient (Wildman–Crippen LogP) is 2.77. The number of hydrogen-bond acceptors (Lipinski definition) is 4. The molecule has 2 amide bonds. The zero-order chi connectivity index (χ0) is 18.8. The lowest BCUT2D eigenvalue weighted by Gasteiger charge is -2.51. The minimum Gasteiger partial charge on any atom is -0.444 e. The molecule has 1 saturated carbocycles. The average Bonchev–Trinajstić information content (AvgIpc) is 2.95. The number of rotatable bonds is 5. The number of hydrogen-bond donors (Lipinski definition) is 2. The Morgan fingerprint density at radius 2 is 1.96 bits per heavy atom. The van der Waals surface area contributed by atoms with E-state index in [4.69, 9.17) is 9.47 Å². The van der Waals surface area contributed by atoms with Gasteiger partial charge in [0, 0.05) is 18.9 Å². The zero-order valence-corrected chi connectivity index (χ0v) is 15.7. The molecule has 2 N–H and O–H groups in total. The molecule has 1 aliphatic carbocycles. The molecule has 142 valence electrons. The third kappa shape index (κ3) is 4.55. The Morgan fingerprint density at radius 1 is 1.27 bits per heavy atom. The topological polar surface area (TPSA) is 76.7 Å². The van der Waals surface area contributed by atoms with Gasteiger partial charge in [0.1, 0.15) is 5.60 Å². The molecule has 3 rings (SSSR count). The molecule has 1 heterocycles. The van der Waals surface area contributed by atoms with E-state index < -0.39 is 17.2 Å². The Labute approximate surface area is 154 Å². The van der Waals surface area contributed by atoms with Crippen LogP contribution in [0.25, 0.3) is 0 Å². The van der Waals surface area contributed by atoms with Crippen LogP contribution in [0.1, 0.15) is 45.6 Å². The second-order valence-corrected chi connectivity index (χ2v) is 8.32. The van der Waals surface area contributed by atoms with E-state index in [-0.39, 0.29) is 17.9 Å². The van der Waals surface area contributed by atoms with Crippen LogP contribution in [0.5, 0.6) is 0 Å². The van der Waals surface area contributed by atoms with E-state index in [9.17, 15) is 9.59 Å². The smallest absolute Gasteiger partial charge is 0.408 e. The van der Waals surface area contributed by atoms with Crippen LogP contribution in [0, 0.1) is 5.92 Å². The molecule has 1 unspecified atom stereocenters. The monoisotopic (exact) mass is 360 g/mol. The van der Waals surface area contributed by atoms with Gasteiger partial charge in [-0.25, -0.2) is 4.79 Å². The molecule has 0 aromatic heterocycles. The van der Waals surface area contributed by atoms with Crippen molar-refractivity contribution in [3.05, 3.63) is 35.9 Å². The van der Waals surface area contributed by atoms with Crippen LogP contribution < -0.4 is 10.6 Å². The number of benzene rings is 1. The van der Waals surface area contributed by atoms with Crippen molar-refractivity contribution in [2.24, 2.45) is 5.92 Å². The lowest BCUT2D eigenvalue weighted by atomic mass is 9.65. The summed E-state index contributed by atoms with van der Waals surface area (Å²) in [4.78, 5) is 24.0. The van der Waals surface area contributed by atoms with Gasteiger partial charge < -0.3 is 20.1 Å². The highest BCUT2D eigenvalue weighted by molar-refractivity contribution is 5.79. The number of nitrogens with one attached hydrogen (secondary N) is 2. The van der Waals surface area contributed by atoms with Gasteiger partial charge in [-0.2, -0.15) is 0 Å². The number of carbonyl (C=O) groups excluding carboxylic acids is 2. The first kappa shape index (κ1) is 18.7. The zero-order valence-electron chi connectivity index (χ0n) is 15.7. The van der Waals surface area contributed by atoms with E-state index in [1.807, 2.05) is 51.1 Å². The van der Waals surface area contributed by atoms with E-state index in [2.05, 4.69) is 10.6 Å². The molecular formula is C20H28N2O4. The summed E-state index contributed by atoms with van der Waals surface area (Å²) in [5, 5.41) is 5.91. The first-order valence-electron chi connectivity index (χ1n) is 9.19. The Kier molecular flexibility index (Phi) is 5.23. The van der Waals surface area contributed by atoms with Gasteiger partial charge in [0.15, 0.2) is 0 Å². The minimum absolute atomic E-state index is 0.0361. The summed E-state index contributed by atoms with van der Waals surface area (Å²) in [6.45, 7) is 6.65. The van der Waals surface area contributed by atoms with Crippen molar-refractivity contribution in [2.75, 3.05) is 6.54 Å². The Balaban J connectivity index is 1.59. The summed E-state index contributed by atoms with van der Waals surface area (Å²) in [6, 6.07) is 10.0. The maximum absolute atomic E-state index is 12.3. The van der Waals surface area contributed by atoms with Crippen molar-refractivity contribution in [2.45, 2.75) is 63.9 Å². The van der Waals surface area contributed by atoms with E-state index >= 15 is 0 Å². The van der Waals surface area contributed by atoms with Gasteiger partial charge in [-0.15, -0.1) is 0 Å². The van der Waals surface area contributed by atoms with Gasteiger partial charge in [-0.1, -0.05) is 30.3 Å². The maximum atomic E-state index is 12.3. The number of amides is 2. The molecule has 1 aliphatic heterocycles. The van der Waals surface area contributed by atoms with E-state index in [1.54, 1.807) is 0 Å². The lowest BCUT2D eigenvalue weighted by Crippen LogP contribution is -2.65. The number of alkyl carbamates (subject to hydrolysis) is 1. The molecule has 0 radical (unpaired) electrons. The highest BCUT2D eigenvalue weighted by Gasteiger charge is 2.53. The van der Waals surface area contributed by atoms with Crippen molar-refractivity contribution in [3.8, 4) is 0 Å². The van der Waals surface area contributed by atoms with Crippen LogP contribution in [0.4, 0.5) is 4.79 Å². The van der Waals surface area contributed by atoms with Gasteiger partial charge in [-0.05, 0) is 39.2 Å². The third-order valence-electron chi connectivity index (χ3n) is 5.02. The highest BCUT2D eigenvalue weighted by Crippen LogP contribution is 2.43. The fourth-order valence-electron chi connectivity index (χ4n) is 3.70. The van der Waals surface area contributed by atoms with Crippen molar-refractivity contribution < 1.29 is 19.1 Å². The lowest BCUT2D eigenvalue weighted by molar-refractivity contribution is -0.120. The van der Waals surface area contributed by atoms with E-state index in [0.717, 1.165) is 5.56 Å². The fourth-order valence-corrected chi connectivity index (χ4v) is 3.70. The number of carbonyl (C=O) groups is 2. The highest BCUT2D eigenvalue weighted by atomic mass is 16.6. The molecule has 0 bridgehead atoms. The second kappa shape index (κ2) is 7.27. The largest absolute Gasteiger partial charge is 0.444 e. The van der Waals surface area contributed by atoms with Gasteiger partial charge in [0.05, 0.1) is 18.2 Å².